The molecule has 0 bridgehead atoms. The predicted molar refractivity (Wildman–Crippen MR) is 57.4 cm³/mol. The van der Waals surface area contributed by atoms with Crippen LogP contribution in [0.15, 0.2) is 11.1 Å². The molecule has 0 aromatic rings. The largest absolute Gasteiger partial charge is 0.466 e. The van der Waals surface area contributed by atoms with Gasteiger partial charge in [-0.05, 0) is 18.3 Å². The molecule has 6 heteroatoms. The summed E-state index contributed by atoms with van der Waals surface area (Å²) in [4.78, 5) is 11.5. The summed E-state index contributed by atoms with van der Waals surface area (Å²) in [6.45, 7) is 5.31. The molecular weight excluding hydrogens is 257 g/mol. The molecule has 17 heavy (non-hydrogen) atoms. The highest BCUT2D eigenvalue weighted by molar-refractivity contribution is 6.30. The molecule has 2 nitrogen and oxygen atoms in total. The number of halogens is 4. The second kappa shape index (κ2) is 4.52. The monoisotopic (exact) mass is 270 g/mol. The van der Waals surface area contributed by atoms with Gasteiger partial charge in [0.15, 0.2) is 0 Å². The van der Waals surface area contributed by atoms with Crippen LogP contribution in [0.3, 0.4) is 0 Å². The Kier molecular flexibility index (Phi) is 3.81. The van der Waals surface area contributed by atoms with Crippen molar-refractivity contribution in [3.8, 4) is 0 Å². The summed E-state index contributed by atoms with van der Waals surface area (Å²) in [5, 5.41) is -1.18. The number of hydrogen-bond donors (Lipinski definition) is 0. The van der Waals surface area contributed by atoms with Crippen molar-refractivity contribution >= 4 is 17.6 Å². The number of alkyl halides is 3. The van der Waals surface area contributed by atoms with E-state index in [-0.39, 0.29) is 6.61 Å². The van der Waals surface area contributed by atoms with Crippen molar-refractivity contribution in [3.63, 3.8) is 0 Å². The first-order valence-corrected chi connectivity index (χ1v) is 5.61. The lowest BCUT2D eigenvalue weighted by Gasteiger charge is -2.04. The van der Waals surface area contributed by atoms with Crippen molar-refractivity contribution < 1.29 is 22.7 Å². The van der Waals surface area contributed by atoms with E-state index in [0.717, 1.165) is 6.08 Å². The lowest BCUT2D eigenvalue weighted by Crippen LogP contribution is -2.10. The zero-order chi connectivity index (χ0) is 13.4. The van der Waals surface area contributed by atoms with Gasteiger partial charge < -0.3 is 4.74 Å². The van der Waals surface area contributed by atoms with Crippen LogP contribution in [-0.2, 0) is 9.53 Å². The van der Waals surface area contributed by atoms with Gasteiger partial charge >= 0.3 is 12.1 Å². The number of esters is 1. The molecule has 2 atom stereocenters. The fraction of sp³-hybridized carbons (Fsp3) is 0.727. The highest BCUT2D eigenvalue weighted by Gasteiger charge is 2.62. The number of hydrogen-bond acceptors (Lipinski definition) is 2. The molecule has 0 amide bonds. The highest BCUT2D eigenvalue weighted by atomic mass is 35.5. The van der Waals surface area contributed by atoms with Crippen molar-refractivity contribution in [1.82, 2.24) is 0 Å². The van der Waals surface area contributed by atoms with Gasteiger partial charge in [-0.2, -0.15) is 13.2 Å². The standard InChI is InChI=1S/C11H14ClF3O2/c1-4-17-9(16)8-6(10(8,2)3)5-7(12)11(13,14)15/h5-6,8H,4H2,1-3H3/b7-5+. The van der Waals surface area contributed by atoms with Crippen LogP contribution in [-0.4, -0.2) is 18.8 Å². The van der Waals surface area contributed by atoms with Crippen molar-refractivity contribution in [3.05, 3.63) is 11.1 Å². The maximum Gasteiger partial charge on any atom is 0.426 e. The van der Waals surface area contributed by atoms with Crippen LogP contribution < -0.4 is 0 Å². The second-order valence-corrected chi connectivity index (χ2v) is 5.00. The van der Waals surface area contributed by atoms with Crippen LogP contribution in [0, 0.1) is 17.3 Å². The minimum Gasteiger partial charge on any atom is -0.466 e. The Morgan fingerprint density at radius 1 is 1.47 bits per heavy atom. The molecule has 1 rings (SSSR count). The minimum atomic E-state index is -4.56. The van der Waals surface area contributed by atoms with Crippen LogP contribution in [0.2, 0.25) is 0 Å². The van der Waals surface area contributed by atoms with E-state index < -0.39 is 34.4 Å². The maximum absolute atomic E-state index is 12.2. The fourth-order valence-corrected chi connectivity index (χ4v) is 2.06. The second-order valence-electron chi connectivity index (χ2n) is 4.59. The van der Waals surface area contributed by atoms with Gasteiger partial charge in [-0.25, -0.2) is 0 Å². The molecule has 2 unspecified atom stereocenters. The molecule has 0 aromatic heterocycles. The molecular formula is C11H14ClF3O2. The Hall–Kier alpha value is -0.710. The molecule has 0 saturated heterocycles. The van der Waals surface area contributed by atoms with Crippen LogP contribution in [0.1, 0.15) is 20.8 Å². The number of carbonyl (C=O) groups is 1. The van der Waals surface area contributed by atoms with Gasteiger partial charge in [-0.3, -0.25) is 4.79 Å². The Balaban J connectivity index is 2.79. The third-order valence-electron chi connectivity index (χ3n) is 3.05. The molecule has 0 N–H and O–H groups in total. The zero-order valence-electron chi connectivity index (χ0n) is 9.77. The first-order valence-electron chi connectivity index (χ1n) is 5.23. The fourth-order valence-electron chi connectivity index (χ4n) is 1.92. The lowest BCUT2D eigenvalue weighted by atomic mass is 10.1. The summed E-state index contributed by atoms with van der Waals surface area (Å²) in [7, 11) is 0. The Morgan fingerprint density at radius 2 is 2.00 bits per heavy atom. The smallest absolute Gasteiger partial charge is 0.426 e. The molecule has 1 saturated carbocycles. The highest BCUT2D eigenvalue weighted by Crippen LogP contribution is 2.60. The van der Waals surface area contributed by atoms with Crippen molar-refractivity contribution in [2.75, 3.05) is 6.61 Å². The van der Waals surface area contributed by atoms with Gasteiger partial charge in [0.25, 0.3) is 0 Å². The summed E-state index contributed by atoms with van der Waals surface area (Å²) in [5.74, 6) is -1.53. The minimum absolute atomic E-state index is 0.217. The maximum atomic E-state index is 12.2. The van der Waals surface area contributed by atoms with Gasteiger partial charge in [-0.1, -0.05) is 31.5 Å². The van der Waals surface area contributed by atoms with E-state index in [4.69, 9.17) is 16.3 Å². The average Bonchev–Trinajstić information content (AvgIpc) is 2.67. The molecule has 0 spiro atoms. The Morgan fingerprint density at radius 3 is 2.41 bits per heavy atom. The van der Waals surface area contributed by atoms with Crippen LogP contribution in [0.25, 0.3) is 0 Å². The Bertz CT molecular complexity index is 347. The predicted octanol–water partition coefficient (Wildman–Crippen LogP) is 3.51. The molecule has 1 fully saturated rings. The van der Waals surface area contributed by atoms with E-state index in [1.807, 2.05) is 0 Å². The van der Waals surface area contributed by atoms with E-state index in [9.17, 15) is 18.0 Å². The average molecular weight is 271 g/mol. The van der Waals surface area contributed by atoms with Gasteiger partial charge in [0.1, 0.15) is 5.03 Å². The summed E-state index contributed by atoms with van der Waals surface area (Å²) in [5.41, 5.74) is -0.530. The van der Waals surface area contributed by atoms with Crippen LogP contribution in [0.5, 0.6) is 0 Å². The third kappa shape index (κ3) is 2.94. The summed E-state index contributed by atoms with van der Waals surface area (Å²) in [6, 6.07) is 0. The number of rotatable bonds is 3. The van der Waals surface area contributed by atoms with Gasteiger partial charge in [0.2, 0.25) is 0 Å². The van der Waals surface area contributed by atoms with Gasteiger partial charge in [0.05, 0.1) is 12.5 Å². The first-order chi connectivity index (χ1) is 7.62. The molecule has 0 aromatic carbocycles. The van der Waals surface area contributed by atoms with Crippen LogP contribution in [0.4, 0.5) is 13.2 Å². The molecule has 0 radical (unpaired) electrons. The number of allylic oxidation sites excluding steroid dienone is 2. The van der Waals surface area contributed by atoms with Gasteiger partial charge in [0, 0.05) is 0 Å². The Labute approximate surface area is 103 Å². The molecule has 0 heterocycles. The SMILES string of the molecule is CCOC(=O)C1C(/C=C(/Cl)C(F)(F)F)C1(C)C. The molecule has 98 valence electrons. The lowest BCUT2D eigenvalue weighted by molar-refractivity contribution is -0.145. The summed E-state index contributed by atoms with van der Waals surface area (Å²) >= 11 is 5.15. The number of ether oxygens (including phenoxy) is 1. The topological polar surface area (TPSA) is 26.3 Å². The van der Waals surface area contributed by atoms with E-state index in [1.54, 1.807) is 20.8 Å². The molecule has 0 aliphatic heterocycles. The van der Waals surface area contributed by atoms with Gasteiger partial charge in [-0.15, -0.1) is 0 Å². The summed E-state index contributed by atoms with van der Waals surface area (Å²) in [6.07, 6.45) is -3.65. The van der Waals surface area contributed by atoms with Crippen molar-refractivity contribution in [1.29, 1.82) is 0 Å². The van der Waals surface area contributed by atoms with E-state index in [1.165, 1.54) is 0 Å². The summed E-state index contributed by atoms with van der Waals surface area (Å²) < 4.78 is 41.6. The quantitative estimate of drug-likeness (QED) is 0.734. The molecule has 1 aliphatic carbocycles. The number of carbonyl (C=O) groups excluding carboxylic acids is 1. The van der Waals surface area contributed by atoms with E-state index >= 15 is 0 Å². The normalized spacial score (nSPS) is 27.8. The molecule has 1 aliphatic rings. The van der Waals surface area contributed by atoms with E-state index in [2.05, 4.69) is 0 Å². The van der Waals surface area contributed by atoms with Crippen molar-refractivity contribution in [2.24, 2.45) is 17.3 Å². The third-order valence-corrected chi connectivity index (χ3v) is 3.39. The van der Waals surface area contributed by atoms with E-state index in [0.29, 0.717) is 0 Å². The van der Waals surface area contributed by atoms with Crippen LogP contribution >= 0.6 is 11.6 Å². The first kappa shape index (κ1) is 14.4. The van der Waals surface area contributed by atoms with Crippen molar-refractivity contribution in [2.45, 2.75) is 26.9 Å². The zero-order valence-corrected chi connectivity index (χ0v) is 10.5.